The molecule has 0 radical (unpaired) electrons. The number of thiazole rings is 1. The Labute approximate surface area is 206 Å². The molecule has 0 aliphatic carbocycles. The van der Waals surface area contributed by atoms with Gasteiger partial charge in [0.15, 0.2) is 5.13 Å². The lowest BCUT2D eigenvalue weighted by Gasteiger charge is -2.31. The van der Waals surface area contributed by atoms with Crippen molar-refractivity contribution in [1.29, 1.82) is 0 Å². The average molecular weight is 493 g/mol. The largest absolute Gasteiger partial charge is 0.342 e. The van der Waals surface area contributed by atoms with Crippen LogP contribution in [0.3, 0.4) is 0 Å². The van der Waals surface area contributed by atoms with Gasteiger partial charge in [-0.25, -0.2) is 4.98 Å². The van der Waals surface area contributed by atoms with Gasteiger partial charge in [-0.3, -0.25) is 14.4 Å². The van der Waals surface area contributed by atoms with Crippen molar-refractivity contribution in [2.75, 3.05) is 5.32 Å². The molecule has 0 bridgehead atoms. The number of hydrogen-bond acceptors (Lipinski definition) is 6. The molecule has 3 heterocycles. The van der Waals surface area contributed by atoms with Gasteiger partial charge in [-0.2, -0.15) is 0 Å². The standard InChI is InChI=1S/C25H24N4O3S2/c1-25(2)19(29-22(32)16-10-6-7-11-17(16)23(29)34-25)21(31)27-18(14-15-8-4-3-5-9-15)20(30)28-24-26-12-13-33-24/h3-13,18-19,23H,14H2,1-2H3,(H,27,31)(H,26,28,30)/t18-,19+,23?/m0/s1. The number of carbonyl (C=O) groups excluding carboxylic acids is 3. The number of aromatic nitrogens is 1. The number of anilines is 1. The Hall–Kier alpha value is -3.17. The summed E-state index contributed by atoms with van der Waals surface area (Å²) >= 11 is 2.91. The van der Waals surface area contributed by atoms with E-state index in [0.29, 0.717) is 17.1 Å². The molecular weight excluding hydrogens is 468 g/mol. The van der Waals surface area contributed by atoms with Gasteiger partial charge < -0.3 is 15.5 Å². The van der Waals surface area contributed by atoms with Crippen LogP contribution in [0.25, 0.3) is 0 Å². The first-order chi connectivity index (χ1) is 16.3. The summed E-state index contributed by atoms with van der Waals surface area (Å²) in [5, 5.41) is 7.78. The number of fused-ring (bicyclic) bond motifs is 3. The monoisotopic (exact) mass is 492 g/mol. The molecule has 1 saturated heterocycles. The smallest absolute Gasteiger partial charge is 0.256 e. The maximum atomic E-state index is 13.7. The molecule has 3 atom stereocenters. The third kappa shape index (κ3) is 4.10. The van der Waals surface area contributed by atoms with Crippen molar-refractivity contribution in [1.82, 2.24) is 15.2 Å². The Morgan fingerprint density at radius 3 is 2.59 bits per heavy atom. The number of thioether (sulfide) groups is 1. The van der Waals surface area contributed by atoms with Gasteiger partial charge in [0, 0.05) is 28.3 Å². The van der Waals surface area contributed by atoms with Crippen LogP contribution < -0.4 is 10.6 Å². The van der Waals surface area contributed by atoms with Crippen LogP contribution in [0.2, 0.25) is 0 Å². The van der Waals surface area contributed by atoms with Crippen LogP contribution in [0.5, 0.6) is 0 Å². The zero-order chi connectivity index (χ0) is 23.9. The maximum Gasteiger partial charge on any atom is 0.256 e. The molecule has 174 valence electrons. The molecule has 2 aromatic carbocycles. The predicted molar refractivity (Wildman–Crippen MR) is 134 cm³/mol. The lowest BCUT2D eigenvalue weighted by atomic mass is 9.99. The summed E-state index contributed by atoms with van der Waals surface area (Å²) in [7, 11) is 0. The number of benzene rings is 2. The van der Waals surface area contributed by atoms with Gasteiger partial charge in [-0.15, -0.1) is 23.1 Å². The van der Waals surface area contributed by atoms with Crippen molar-refractivity contribution in [2.24, 2.45) is 0 Å². The van der Waals surface area contributed by atoms with Gasteiger partial charge in [0.2, 0.25) is 11.8 Å². The van der Waals surface area contributed by atoms with Gasteiger partial charge >= 0.3 is 0 Å². The molecule has 7 nitrogen and oxygen atoms in total. The van der Waals surface area contributed by atoms with E-state index in [-0.39, 0.29) is 23.1 Å². The predicted octanol–water partition coefficient (Wildman–Crippen LogP) is 3.86. The highest BCUT2D eigenvalue weighted by Crippen LogP contribution is 2.56. The molecule has 5 rings (SSSR count). The summed E-state index contributed by atoms with van der Waals surface area (Å²) in [5.74, 6) is -0.828. The summed E-state index contributed by atoms with van der Waals surface area (Å²) < 4.78 is -0.527. The molecule has 1 aromatic heterocycles. The molecule has 2 N–H and O–H groups in total. The zero-order valence-corrected chi connectivity index (χ0v) is 20.4. The minimum absolute atomic E-state index is 0.148. The third-order valence-electron chi connectivity index (χ3n) is 6.12. The third-order valence-corrected chi connectivity index (χ3v) is 8.35. The lowest BCUT2D eigenvalue weighted by Crippen LogP contribution is -2.56. The van der Waals surface area contributed by atoms with E-state index in [0.717, 1.165) is 11.1 Å². The molecule has 1 unspecified atom stereocenters. The molecule has 2 aliphatic rings. The molecular formula is C25H24N4O3S2. The molecule has 9 heteroatoms. The summed E-state index contributed by atoms with van der Waals surface area (Å²) in [4.78, 5) is 45.9. The lowest BCUT2D eigenvalue weighted by molar-refractivity contribution is -0.130. The Bertz CT molecular complexity index is 1230. The second-order valence-corrected chi connectivity index (χ2v) is 11.5. The second kappa shape index (κ2) is 8.88. The Balaban J connectivity index is 1.41. The summed E-state index contributed by atoms with van der Waals surface area (Å²) in [6.45, 7) is 3.94. The van der Waals surface area contributed by atoms with Crippen molar-refractivity contribution in [3.63, 3.8) is 0 Å². The highest BCUT2D eigenvalue weighted by atomic mass is 32.2. The Morgan fingerprint density at radius 2 is 1.85 bits per heavy atom. The molecule has 3 aromatic rings. The van der Waals surface area contributed by atoms with Crippen LogP contribution in [0.4, 0.5) is 5.13 Å². The van der Waals surface area contributed by atoms with E-state index in [1.807, 2.05) is 62.4 Å². The molecule has 3 amide bonds. The molecule has 34 heavy (non-hydrogen) atoms. The van der Waals surface area contributed by atoms with Crippen molar-refractivity contribution in [3.05, 3.63) is 82.9 Å². The fraction of sp³-hybridized carbons (Fsp3) is 0.280. The minimum Gasteiger partial charge on any atom is -0.342 e. The number of nitrogens with zero attached hydrogens (tertiary/aromatic N) is 2. The van der Waals surface area contributed by atoms with Crippen LogP contribution in [0.15, 0.2) is 66.2 Å². The fourth-order valence-corrected chi connectivity index (χ4v) is 6.71. The quantitative estimate of drug-likeness (QED) is 0.545. The first kappa shape index (κ1) is 22.6. The van der Waals surface area contributed by atoms with Crippen molar-refractivity contribution in [3.8, 4) is 0 Å². The van der Waals surface area contributed by atoms with Gasteiger partial charge in [0.05, 0.1) is 0 Å². The highest BCUT2D eigenvalue weighted by Gasteiger charge is 2.57. The van der Waals surface area contributed by atoms with Crippen molar-refractivity contribution >= 4 is 46.0 Å². The first-order valence-corrected chi connectivity index (χ1v) is 12.7. The fourth-order valence-electron chi connectivity index (χ4n) is 4.59. The van der Waals surface area contributed by atoms with E-state index in [1.54, 1.807) is 34.3 Å². The average Bonchev–Trinajstić information content (AvgIpc) is 3.49. The van der Waals surface area contributed by atoms with E-state index in [1.165, 1.54) is 11.3 Å². The van der Waals surface area contributed by atoms with Crippen LogP contribution in [-0.4, -0.2) is 44.4 Å². The summed E-state index contributed by atoms with van der Waals surface area (Å²) in [6, 6.07) is 15.5. The van der Waals surface area contributed by atoms with Gasteiger partial charge in [0.1, 0.15) is 17.5 Å². The van der Waals surface area contributed by atoms with E-state index in [2.05, 4.69) is 15.6 Å². The summed E-state index contributed by atoms with van der Waals surface area (Å²) in [5.41, 5.74) is 2.49. The highest BCUT2D eigenvalue weighted by molar-refractivity contribution is 8.01. The Morgan fingerprint density at radius 1 is 1.12 bits per heavy atom. The van der Waals surface area contributed by atoms with E-state index in [9.17, 15) is 14.4 Å². The van der Waals surface area contributed by atoms with Crippen molar-refractivity contribution in [2.45, 2.75) is 42.5 Å². The van der Waals surface area contributed by atoms with Gasteiger partial charge in [-0.1, -0.05) is 48.5 Å². The van der Waals surface area contributed by atoms with E-state index in [4.69, 9.17) is 0 Å². The van der Waals surface area contributed by atoms with E-state index < -0.39 is 16.8 Å². The number of carbonyl (C=O) groups is 3. The molecule has 1 fully saturated rings. The second-order valence-electron chi connectivity index (χ2n) is 8.85. The number of amides is 3. The van der Waals surface area contributed by atoms with Crippen LogP contribution in [0.1, 0.15) is 40.7 Å². The van der Waals surface area contributed by atoms with Crippen LogP contribution in [-0.2, 0) is 16.0 Å². The SMILES string of the molecule is CC1(C)SC2c3ccccc3C(=O)N2[C@@H]1C(=O)N[C@@H](Cc1ccccc1)C(=O)Nc1nccs1. The normalized spacial score (nSPS) is 21.0. The topological polar surface area (TPSA) is 91.4 Å². The van der Waals surface area contributed by atoms with Crippen LogP contribution >= 0.6 is 23.1 Å². The number of rotatable bonds is 6. The molecule has 0 saturated carbocycles. The molecule has 0 spiro atoms. The van der Waals surface area contributed by atoms with Crippen LogP contribution in [0, 0.1) is 0 Å². The molecule has 2 aliphatic heterocycles. The van der Waals surface area contributed by atoms with Gasteiger partial charge in [0.25, 0.3) is 5.91 Å². The minimum atomic E-state index is -0.821. The maximum absolute atomic E-state index is 13.7. The first-order valence-electron chi connectivity index (χ1n) is 11.0. The van der Waals surface area contributed by atoms with Crippen molar-refractivity contribution < 1.29 is 14.4 Å². The number of nitrogens with one attached hydrogen (secondary N) is 2. The number of hydrogen-bond donors (Lipinski definition) is 2. The zero-order valence-electron chi connectivity index (χ0n) is 18.7. The Kier molecular flexibility index (Phi) is 5.91. The summed E-state index contributed by atoms with van der Waals surface area (Å²) in [6.07, 6.45) is 1.93. The van der Waals surface area contributed by atoms with Gasteiger partial charge in [-0.05, 0) is 31.0 Å². The van der Waals surface area contributed by atoms with E-state index >= 15 is 0 Å².